The Bertz CT molecular complexity index is 1130. The van der Waals surface area contributed by atoms with Gasteiger partial charge in [0.2, 0.25) is 0 Å². The van der Waals surface area contributed by atoms with Gasteiger partial charge in [0.25, 0.3) is 11.5 Å². The molecule has 1 aromatic heterocycles. The Morgan fingerprint density at radius 1 is 1.04 bits per heavy atom. The van der Waals surface area contributed by atoms with Crippen molar-refractivity contribution in [1.29, 1.82) is 0 Å². The highest BCUT2D eigenvalue weighted by Crippen LogP contribution is 2.34. The molecular weight excluding hydrogens is 356 g/mol. The molecule has 0 fully saturated rings. The first-order chi connectivity index (χ1) is 13.6. The largest absolute Gasteiger partial charge is 0.594 e. The van der Waals surface area contributed by atoms with Crippen LogP contribution < -0.4 is 20.1 Å². The van der Waals surface area contributed by atoms with Crippen LogP contribution in [0.4, 0.5) is 5.95 Å². The molecule has 0 saturated heterocycles. The van der Waals surface area contributed by atoms with E-state index < -0.39 is 0 Å². The first kappa shape index (κ1) is 17.5. The molecule has 28 heavy (non-hydrogen) atoms. The van der Waals surface area contributed by atoms with E-state index in [4.69, 9.17) is 15.2 Å². The van der Waals surface area contributed by atoms with Gasteiger partial charge in [-0.2, -0.15) is 0 Å². The van der Waals surface area contributed by atoms with Gasteiger partial charge in [0, 0.05) is 17.7 Å². The van der Waals surface area contributed by atoms with Crippen molar-refractivity contribution in [3.05, 3.63) is 77.5 Å². The fourth-order valence-corrected chi connectivity index (χ4v) is 2.98. The molecule has 4 rings (SSSR count). The Kier molecular flexibility index (Phi) is 4.63. The van der Waals surface area contributed by atoms with Crippen molar-refractivity contribution in [3.63, 3.8) is 0 Å². The number of benzene rings is 3. The molecule has 0 aliphatic heterocycles. The van der Waals surface area contributed by atoms with Gasteiger partial charge in [-0.3, -0.25) is 0 Å². The van der Waals surface area contributed by atoms with Gasteiger partial charge < -0.3 is 20.4 Å². The molecule has 7 nitrogen and oxygen atoms in total. The molecule has 7 heteroatoms. The second kappa shape index (κ2) is 7.40. The fourth-order valence-electron chi connectivity index (χ4n) is 2.98. The summed E-state index contributed by atoms with van der Waals surface area (Å²) in [5.41, 5.74) is 8.95. The van der Waals surface area contributed by atoms with Crippen LogP contribution in [0.15, 0.2) is 66.7 Å². The number of fused-ring (bicyclic) bond motifs is 1. The van der Waals surface area contributed by atoms with Gasteiger partial charge in [0.15, 0.2) is 0 Å². The minimum atomic E-state index is -0.0892. The summed E-state index contributed by atoms with van der Waals surface area (Å²) in [5.74, 6) is 1.20. The summed E-state index contributed by atoms with van der Waals surface area (Å²) < 4.78 is 11.4. The second-order valence-corrected chi connectivity index (χ2v) is 6.19. The van der Waals surface area contributed by atoms with Crippen molar-refractivity contribution in [2.45, 2.75) is 6.61 Å². The summed E-state index contributed by atoms with van der Waals surface area (Å²) in [5, 5.41) is 15.8. The number of nitrogens with zero attached hydrogens (tertiary/aromatic N) is 3. The summed E-state index contributed by atoms with van der Waals surface area (Å²) in [7, 11) is 1.57. The summed E-state index contributed by atoms with van der Waals surface area (Å²) in [4.78, 5) is 4.57. The predicted molar refractivity (Wildman–Crippen MR) is 106 cm³/mol. The number of methoxy groups -OCH3 is 1. The van der Waals surface area contributed by atoms with Gasteiger partial charge in [-0.05, 0) is 28.1 Å². The van der Waals surface area contributed by atoms with Crippen LogP contribution in [0.1, 0.15) is 5.56 Å². The van der Waals surface area contributed by atoms with Crippen LogP contribution in [-0.2, 0) is 6.61 Å². The predicted octanol–water partition coefficient (Wildman–Crippen LogP) is 3.10. The first-order valence-electron chi connectivity index (χ1n) is 8.66. The van der Waals surface area contributed by atoms with E-state index in [1.54, 1.807) is 19.2 Å². The lowest BCUT2D eigenvalue weighted by atomic mass is 10.0. The van der Waals surface area contributed by atoms with Crippen LogP contribution in [-0.4, -0.2) is 17.2 Å². The molecule has 140 valence electrons. The summed E-state index contributed by atoms with van der Waals surface area (Å²) >= 11 is 0. The van der Waals surface area contributed by atoms with Crippen LogP contribution in [0, 0.1) is 5.21 Å². The Hall–Kier alpha value is -3.87. The molecule has 0 atom stereocenters. The Morgan fingerprint density at radius 2 is 1.86 bits per heavy atom. The van der Waals surface area contributed by atoms with Gasteiger partial charge in [-0.25, -0.2) is 4.98 Å². The van der Waals surface area contributed by atoms with E-state index in [0.717, 1.165) is 16.7 Å². The third-order valence-electron chi connectivity index (χ3n) is 4.32. The van der Waals surface area contributed by atoms with E-state index in [2.05, 4.69) is 10.1 Å². The monoisotopic (exact) mass is 374 g/mol. The third kappa shape index (κ3) is 3.50. The quantitative estimate of drug-likeness (QED) is 0.426. The van der Waals surface area contributed by atoms with Crippen LogP contribution in [0.2, 0.25) is 0 Å². The fraction of sp³-hybridized carbons (Fsp3) is 0.0952. The highest BCUT2D eigenvalue weighted by atomic mass is 16.5. The topological polar surface area (TPSA) is 97.2 Å². The van der Waals surface area contributed by atoms with Crippen molar-refractivity contribution in [3.8, 4) is 22.6 Å². The minimum Gasteiger partial charge on any atom is -0.594 e. The molecular formula is C21H18N4O3. The van der Waals surface area contributed by atoms with Crippen LogP contribution in [0.5, 0.6) is 11.5 Å². The van der Waals surface area contributed by atoms with E-state index in [1.165, 1.54) is 0 Å². The maximum absolute atomic E-state index is 12.1. The van der Waals surface area contributed by atoms with Gasteiger partial charge >= 0.3 is 0 Å². The highest BCUT2D eigenvalue weighted by Gasteiger charge is 2.16. The van der Waals surface area contributed by atoms with Gasteiger partial charge in [0.1, 0.15) is 23.6 Å². The number of aromatic nitrogens is 3. The van der Waals surface area contributed by atoms with Crippen molar-refractivity contribution in [2.24, 2.45) is 0 Å². The molecule has 0 aliphatic carbocycles. The average Bonchev–Trinajstić information content (AvgIpc) is 2.72. The zero-order valence-corrected chi connectivity index (χ0v) is 15.2. The minimum absolute atomic E-state index is 0.0892. The van der Waals surface area contributed by atoms with E-state index in [0.29, 0.717) is 34.0 Å². The maximum atomic E-state index is 12.1. The van der Waals surface area contributed by atoms with E-state index >= 15 is 0 Å². The van der Waals surface area contributed by atoms with E-state index in [1.807, 2.05) is 54.6 Å². The molecule has 1 heterocycles. The number of hydrogen-bond donors (Lipinski definition) is 1. The van der Waals surface area contributed by atoms with Gasteiger partial charge in [-0.1, -0.05) is 42.5 Å². The Balaban J connectivity index is 1.71. The van der Waals surface area contributed by atoms with Crippen LogP contribution >= 0.6 is 0 Å². The maximum Gasteiger partial charge on any atom is 0.288 e. The van der Waals surface area contributed by atoms with Crippen LogP contribution in [0.25, 0.3) is 22.2 Å². The molecule has 0 saturated carbocycles. The highest BCUT2D eigenvalue weighted by molar-refractivity contribution is 5.84. The molecule has 0 spiro atoms. The molecule has 4 aromatic rings. The second-order valence-electron chi connectivity index (χ2n) is 6.19. The summed E-state index contributed by atoms with van der Waals surface area (Å²) in [6.45, 7) is 0.465. The molecule has 2 N–H and O–H groups in total. The number of ether oxygens (including phenoxy) is 2. The molecule has 0 radical (unpaired) electrons. The van der Waals surface area contributed by atoms with Crippen molar-refractivity contribution in [2.75, 3.05) is 12.8 Å². The van der Waals surface area contributed by atoms with Crippen molar-refractivity contribution < 1.29 is 14.3 Å². The van der Waals surface area contributed by atoms with Gasteiger partial charge in [0.05, 0.1) is 12.2 Å². The molecule has 3 aromatic carbocycles. The van der Waals surface area contributed by atoms with Crippen molar-refractivity contribution in [1.82, 2.24) is 10.1 Å². The van der Waals surface area contributed by atoms with E-state index in [-0.39, 0.29) is 5.95 Å². The zero-order valence-electron chi connectivity index (χ0n) is 15.2. The lowest BCUT2D eigenvalue weighted by Gasteiger charge is -2.12. The van der Waals surface area contributed by atoms with E-state index in [9.17, 15) is 5.21 Å². The molecule has 0 unspecified atom stereocenters. The first-order valence-corrected chi connectivity index (χ1v) is 8.66. The third-order valence-corrected chi connectivity index (χ3v) is 4.32. The van der Waals surface area contributed by atoms with Gasteiger partial charge in [-0.15, -0.1) is 0 Å². The summed E-state index contributed by atoms with van der Waals surface area (Å²) in [6.07, 6.45) is 0. The van der Waals surface area contributed by atoms with Crippen molar-refractivity contribution >= 4 is 17.0 Å². The van der Waals surface area contributed by atoms with Crippen LogP contribution in [0.3, 0.4) is 0 Å². The Morgan fingerprint density at radius 3 is 2.64 bits per heavy atom. The standard InChI is InChI=1S/C21H18N4O3/c1-27-20-12-18-19(25(26)24-21(22)23-18)11-17(20)15-8-5-9-16(10-15)28-13-14-6-3-2-4-7-14/h2-12H,13H2,1H3,(H2,22,23,24). The number of anilines is 1. The molecule has 0 amide bonds. The zero-order chi connectivity index (χ0) is 19.5. The number of nitrogens with two attached hydrogens (primary N) is 1. The molecule has 0 bridgehead atoms. The lowest BCUT2D eigenvalue weighted by Crippen LogP contribution is -2.33. The molecule has 0 aliphatic rings. The average molecular weight is 374 g/mol. The number of nitrogen functional groups attached to an aromatic ring is 1. The summed E-state index contributed by atoms with van der Waals surface area (Å²) in [6, 6.07) is 20.9. The lowest BCUT2D eigenvalue weighted by molar-refractivity contribution is -0.641. The smallest absolute Gasteiger partial charge is 0.288 e. The normalized spacial score (nSPS) is 10.8. The number of rotatable bonds is 5. The SMILES string of the molecule is COc1cc2nc(N)n[n+]([O-])c2cc1-c1cccc(OCc2ccccc2)c1. The number of hydrogen-bond acceptors (Lipinski definition) is 6. The Labute approximate surface area is 161 Å².